The highest BCUT2D eigenvalue weighted by Gasteiger charge is 2.02. The number of pyridine rings is 1. The van der Waals surface area contributed by atoms with Gasteiger partial charge >= 0.3 is 0 Å². The Balaban J connectivity index is 2.28. The molecule has 1 aromatic heterocycles. The van der Waals surface area contributed by atoms with Crippen molar-refractivity contribution in [2.75, 3.05) is 6.54 Å². The van der Waals surface area contributed by atoms with Crippen molar-refractivity contribution in [3.8, 4) is 11.3 Å². The molecule has 0 aliphatic rings. The molecule has 0 aliphatic heterocycles. The molecule has 2 aromatic rings. The van der Waals surface area contributed by atoms with E-state index in [0.717, 1.165) is 27.8 Å². The van der Waals surface area contributed by atoms with Gasteiger partial charge in [0.1, 0.15) is 0 Å². The molecule has 0 unspecified atom stereocenters. The summed E-state index contributed by atoms with van der Waals surface area (Å²) in [5.74, 6) is 0. The molecule has 0 saturated heterocycles. The molecule has 3 nitrogen and oxygen atoms in total. The lowest BCUT2D eigenvalue weighted by Gasteiger charge is -2.05. The van der Waals surface area contributed by atoms with Crippen LogP contribution < -0.4 is 10.9 Å². The average molecular weight is 307 g/mol. The molecule has 2 rings (SSSR count). The minimum atomic E-state index is -0.0311. The van der Waals surface area contributed by atoms with E-state index in [0.29, 0.717) is 6.54 Å². The molecule has 0 spiro atoms. The van der Waals surface area contributed by atoms with E-state index in [1.807, 2.05) is 43.3 Å². The van der Waals surface area contributed by atoms with E-state index in [-0.39, 0.29) is 5.56 Å². The van der Waals surface area contributed by atoms with Crippen LogP contribution in [0.15, 0.2) is 45.7 Å². The number of rotatable bonds is 4. The monoisotopic (exact) mass is 306 g/mol. The number of aromatic nitrogens is 1. The van der Waals surface area contributed by atoms with E-state index in [4.69, 9.17) is 0 Å². The molecule has 2 N–H and O–H groups in total. The second kappa shape index (κ2) is 5.98. The number of halogens is 1. The largest absolute Gasteiger partial charge is 0.322 e. The van der Waals surface area contributed by atoms with Gasteiger partial charge < -0.3 is 10.3 Å². The van der Waals surface area contributed by atoms with Crippen molar-refractivity contribution >= 4 is 15.9 Å². The zero-order valence-electron chi connectivity index (χ0n) is 10.2. The van der Waals surface area contributed by atoms with Crippen molar-refractivity contribution in [3.05, 3.63) is 56.8 Å². The van der Waals surface area contributed by atoms with Gasteiger partial charge in [-0.05, 0) is 30.3 Å². The fourth-order valence-corrected chi connectivity index (χ4v) is 1.96. The molecule has 4 heteroatoms. The molecular weight excluding hydrogens is 292 g/mol. The van der Waals surface area contributed by atoms with Gasteiger partial charge in [0.05, 0.1) is 0 Å². The Hall–Kier alpha value is -1.39. The topological polar surface area (TPSA) is 44.9 Å². The van der Waals surface area contributed by atoms with Gasteiger partial charge in [0, 0.05) is 22.3 Å². The Kier molecular flexibility index (Phi) is 4.33. The molecule has 94 valence electrons. The van der Waals surface area contributed by atoms with Crippen molar-refractivity contribution in [1.29, 1.82) is 0 Å². The summed E-state index contributed by atoms with van der Waals surface area (Å²) in [6.45, 7) is 3.48. The van der Waals surface area contributed by atoms with Crippen LogP contribution in [0.5, 0.6) is 0 Å². The van der Waals surface area contributed by atoms with Gasteiger partial charge in [-0.1, -0.05) is 41.1 Å². The van der Waals surface area contributed by atoms with E-state index in [9.17, 15) is 4.79 Å². The third-order valence-electron chi connectivity index (χ3n) is 2.71. The second-order valence-electron chi connectivity index (χ2n) is 4.01. The number of benzene rings is 1. The maximum Gasteiger partial charge on any atom is 0.252 e. The highest BCUT2D eigenvalue weighted by Crippen LogP contribution is 2.18. The van der Waals surface area contributed by atoms with Gasteiger partial charge in [-0.3, -0.25) is 4.79 Å². The molecule has 0 radical (unpaired) electrons. The average Bonchev–Trinajstić information content (AvgIpc) is 2.38. The van der Waals surface area contributed by atoms with Crippen LogP contribution in [0.3, 0.4) is 0 Å². The lowest BCUT2D eigenvalue weighted by Crippen LogP contribution is -2.20. The Morgan fingerprint density at radius 1 is 1.17 bits per heavy atom. The first-order chi connectivity index (χ1) is 8.70. The van der Waals surface area contributed by atoms with Crippen molar-refractivity contribution < 1.29 is 0 Å². The first-order valence-electron chi connectivity index (χ1n) is 5.89. The third-order valence-corrected chi connectivity index (χ3v) is 3.24. The van der Waals surface area contributed by atoms with Gasteiger partial charge in [0.15, 0.2) is 0 Å². The van der Waals surface area contributed by atoms with E-state index < -0.39 is 0 Å². The van der Waals surface area contributed by atoms with Gasteiger partial charge in [0.2, 0.25) is 0 Å². The van der Waals surface area contributed by atoms with E-state index in [1.54, 1.807) is 0 Å². The first kappa shape index (κ1) is 13.1. The zero-order chi connectivity index (χ0) is 13.0. The van der Waals surface area contributed by atoms with Crippen molar-refractivity contribution in [2.24, 2.45) is 0 Å². The van der Waals surface area contributed by atoms with Crippen LogP contribution in [0.4, 0.5) is 0 Å². The summed E-state index contributed by atoms with van der Waals surface area (Å²) >= 11 is 3.39. The van der Waals surface area contributed by atoms with Gasteiger partial charge in [-0.25, -0.2) is 0 Å². The van der Waals surface area contributed by atoms with Crippen LogP contribution in [-0.2, 0) is 6.54 Å². The van der Waals surface area contributed by atoms with Crippen LogP contribution in [0.1, 0.15) is 12.5 Å². The lowest BCUT2D eigenvalue weighted by atomic mass is 10.1. The lowest BCUT2D eigenvalue weighted by molar-refractivity contribution is 0.720. The first-order valence-corrected chi connectivity index (χ1v) is 6.69. The Labute approximate surface area is 114 Å². The molecule has 1 aromatic carbocycles. The molecule has 0 saturated carbocycles. The van der Waals surface area contributed by atoms with Gasteiger partial charge in [-0.15, -0.1) is 0 Å². The highest BCUT2D eigenvalue weighted by atomic mass is 79.9. The predicted octanol–water partition coefficient (Wildman–Crippen LogP) is 2.91. The van der Waals surface area contributed by atoms with E-state index in [1.165, 1.54) is 0 Å². The van der Waals surface area contributed by atoms with Crippen molar-refractivity contribution in [1.82, 2.24) is 10.3 Å². The summed E-state index contributed by atoms with van der Waals surface area (Å²) in [6.07, 6.45) is 0. The summed E-state index contributed by atoms with van der Waals surface area (Å²) in [4.78, 5) is 14.8. The SMILES string of the molecule is CCNCc1ccc(-c2ccc(Br)cc2)[nH]c1=O. The Morgan fingerprint density at radius 2 is 1.89 bits per heavy atom. The van der Waals surface area contributed by atoms with Crippen LogP contribution in [-0.4, -0.2) is 11.5 Å². The van der Waals surface area contributed by atoms with Crippen molar-refractivity contribution in [2.45, 2.75) is 13.5 Å². The fourth-order valence-electron chi connectivity index (χ4n) is 1.70. The number of hydrogen-bond acceptors (Lipinski definition) is 2. The predicted molar refractivity (Wildman–Crippen MR) is 77.6 cm³/mol. The molecule has 0 atom stereocenters. The standard InChI is InChI=1S/C14H15BrN2O/c1-2-16-9-11-5-8-13(17-14(11)18)10-3-6-12(15)7-4-10/h3-8,16H,2,9H2,1H3,(H,17,18). The third kappa shape index (κ3) is 3.09. The summed E-state index contributed by atoms with van der Waals surface area (Å²) < 4.78 is 1.03. The molecular formula is C14H15BrN2O. The molecule has 0 amide bonds. The van der Waals surface area contributed by atoms with Gasteiger partial charge in [-0.2, -0.15) is 0 Å². The normalized spacial score (nSPS) is 10.6. The Bertz CT molecular complexity index is 575. The summed E-state index contributed by atoms with van der Waals surface area (Å²) in [5.41, 5.74) is 2.58. The van der Waals surface area contributed by atoms with Crippen LogP contribution in [0, 0.1) is 0 Å². The molecule has 0 aliphatic carbocycles. The maximum atomic E-state index is 11.9. The van der Waals surface area contributed by atoms with E-state index in [2.05, 4.69) is 26.2 Å². The quantitative estimate of drug-likeness (QED) is 0.912. The summed E-state index contributed by atoms with van der Waals surface area (Å²) in [5, 5.41) is 3.15. The minimum absolute atomic E-state index is 0.0311. The zero-order valence-corrected chi connectivity index (χ0v) is 11.8. The van der Waals surface area contributed by atoms with Crippen LogP contribution in [0.25, 0.3) is 11.3 Å². The van der Waals surface area contributed by atoms with Crippen LogP contribution in [0.2, 0.25) is 0 Å². The summed E-state index contributed by atoms with van der Waals surface area (Å²) in [7, 11) is 0. The molecule has 0 fully saturated rings. The number of nitrogens with one attached hydrogen (secondary N) is 2. The number of aromatic amines is 1. The van der Waals surface area contributed by atoms with Gasteiger partial charge in [0.25, 0.3) is 5.56 Å². The fraction of sp³-hybridized carbons (Fsp3) is 0.214. The maximum absolute atomic E-state index is 11.9. The smallest absolute Gasteiger partial charge is 0.252 e. The molecule has 0 bridgehead atoms. The number of hydrogen-bond donors (Lipinski definition) is 2. The summed E-state index contributed by atoms with van der Waals surface area (Å²) in [6, 6.07) is 11.7. The number of H-pyrrole nitrogens is 1. The second-order valence-corrected chi connectivity index (χ2v) is 4.93. The highest BCUT2D eigenvalue weighted by molar-refractivity contribution is 9.10. The minimum Gasteiger partial charge on any atom is -0.322 e. The Morgan fingerprint density at radius 3 is 2.50 bits per heavy atom. The van der Waals surface area contributed by atoms with Crippen molar-refractivity contribution in [3.63, 3.8) is 0 Å². The van der Waals surface area contributed by atoms with Crippen LogP contribution >= 0.6 is 15.9 Å². The van der Waals surface area contributed by atoms with E-state index >= 15 is 0 Å². The molecule has 18 heavy (non-hydrogen) atoms. The molecule has 1 heterocycles.